The van der Waals surface area contributed by atoms with Crippen LogP contribution >= 0.6 is 0 Å². The van der Waals surface area contributed by atoms with Gasteiger partial charge in [-0.3, -0.25) is 14.4 Å². The Morgan fingerprint density at radius 3 is 2.31 bits per heavy atom. The number of hydrogen-bond acceptors (Lipinski definition) is 7. The van der Waals surface area contributed by atoms with Crippen molar-refractivity contribution in [3.63, 3.8) is 0 Å². The van der Waals surface area contributed by atoms with Crippen molar-refractivity contribution < 1.29 is 28.7 Å². The number of nitrogens with one attached hydrogen (secondary N) is 2. The smallest absolute Gasteiger partial charge is 0.408 e. The molecule has 0 fully saturated rings. The molecule has 1 rings (SSSR count). The summed E-state index contributed by atoms with van der Waals surface area (Å²) in [6.45, 7) is 11.9. The highest BCUT2D eigenvalue weighted by Gasteiger charge is 2.38. The van der Waals surface area contributed by atoms with E-state index in [1.165, 1.54) is 0 Å². The lowest BCUT2D eigenvalue weighted by Gasteiger charge is -2.34. The first-order chi connectivity index (χ1) is 16.8. The third-order valence-corrected chi connectivity index (χ3v) is 5.11. The van der Waals surface area contributed by atoms with Crippen molar-refractivity contribution >= 4 is 23.9 Å². The number of carbonyl (C=O) groups excluding carboxylic acids is 4. The number of amides is 3. The van der Waals surface area contributed by atoms with Crippen LogP contribution in [0.5, 0.6) is 0 Å². The van der Waals surface area contributed by atoms with Crippen LogP contribution in [0.25, 0.3) is 0 Å². The van der Waals surface area contributed by atoms with E-state index in [2.05, 4.69) is 10.6 Å². The Labute approximate surface area is 213 Å². The second kappa shape index (κ2) is 14.1. The maximum atomic E-state index is 13.7. The number of aryl methyl sites for hydroxylation is 1. The molecule has 2 unspecified atom stereocenters. The average molecular weight is 503 g/mol. The van der Waals surface area contributed by atoms with E-state index in [4.69, 9.17) is 9.47 Å². The van der Waals surface area contributed by atoms with Crippen LogP contribution in [-0.4, -0.2) is 60.1 Å². The van der Waals surface area contributed by atoms with Crippen LogP contribution in [0.4, 0.5) is 4.79 Å². The molecule has 0 radical (unpaired) electrons. The quantitative estimate of drug-likeness (QED) is 0.350. The van der Waals surface area contributed by atoms with Crippen LogP contribution < -0.4 is 10.6 Å². The molecule has 2 atom stereocenters. The standard InChI is InChI=1S/C26H38N4O6/c1-8-35-20(31)13-15-28-23(32)22(19-12-10-9-11-18(19)4)30(16-14-27)24(33)21(17(2)3)29-25(34)36-26(5,6)7/h9-12,17,21-22H,8,13,15-16H2,1-7H3,(H,28,32)(H,29,34). The van der Waals surface area contributed by atoms with Crippen LogP contribution in [0, 0.1) is 24.2 Å². The Morgan fingerprint density at radius 1 is 1.14 bits per heavy atom. The van der Waals surface area contributed by atoms with Gasteiger partial charge in [0, 0.05) is 6.54 Å². The van der Waals surface area contributed by atoms with E-state index >= 15 is 0 Å². The summed E-state index contributed by atoms with van der Waals surface area (Å²) in [5.74, 6) is -1.99. The lowest BCUT2D eigenvalue weighted by Crippen LogP contribution is -2.55. The summed E-state index contributed by atoms with van der Waals surface area (Å²) in [5, 5.41) is 14.8. The number of carbonyl (C=O) groups is 4. The minimum absolute atomic E-state index is 0.00159. The molecule has 1 aromatic rings. The molecule has 0 aliphatic rings. The normalized spacial score (nSPS) is 12.6. The van der Waals surface area contributed by atoms with Crippen molar-refractivity contribution in [3.8, 4) is 6.07 Å². The number of hydrogen-bond donors (Lipinski definition) is 2. The van der Waals surface area contributed by atoms with Crippen molar-refractivity contribution in [1.29, 1.82) is 5.26 Å². The zero-order valence-electron chi connectivity index (χ0n) is 22.2. The Bertz CT molecular complexity index is 964. The third-order valence-electron chi connectivity index (χ3n) is 5.11. The molecule has 2 N–H and O–H groups in total. The van der Waals surface area contributed by atoms with Crippen molar-refractivity contribution in [2.45, 2.75) is 72.6 Å². The molecule has 0 aliphatic heterocycles. The van der Waals surface area contributed by atoms with Gasteiger partial charge in [0.25, 0.3) is 0 Å². The van der Waals surface area contributed by atoms with Gasteiger partial charge in [0.1, 0.15) is 24.2 Å². The largest absolute Gasteiger partial charge is 0.466 e. The van der Waals surface area contributed by atoms with E-state index in [1.54, 1.807) is 72.7 Å². The fourth-order valence-electron chi connectivity index (χ4n) is 3.46. The number of esters is 1. The number of nitriles is 1. The van der Waals surface area contributed by atoms with Crippen LogP contribution in [0.3, 0.4) is 0 Å². The minimum Gasteiger partial charge on any atom is -0.466 e. The van der Waals surface area contributed by atoms with Gasteiger partial charge in [-0.15, -0.1) is 0 Å². The number of ether oxygens (including phenoxy) is 2. The van der Waals surface area contributed by atoms with E-state index in [9.17, 15) is 24.4 Å². The van der Waals surface area contributed by atoms with Gasteiger partial charge in [0.05, 0.1) is 19.1 Å². The highest BCUT2D eigenvalue weighted by Crippen LogP contribution is 2.26. The summed E-state index contributed by atoms with van der Waals surface area (Å²) in [4.78, 5) is 52.4. The number of alkyl carbamates (subject to hydrolysis) is 1. The topological polar surface area (TPSA) is 138 Å². The zero-order chi connectivity index (χ0) is 27.5. The SMILES string of the molecule is CCOC(=O)CCNC(=O)C(c1ccccc1C)N(CC#N)C(=O)C(NC(=O)OC(C)(C)C)C(C)C. The Morgan fingerprint density at radius 2 is 1.78 bits per heavy atom. The highest BCUT2D eigenvalue weighted by atomic mass is 16.6. The highest BCUT2D eigenvalue weighted by molar-refractivity contribution is 5.92. The minimum atomic E-state index is -1.16. The summed E-state index contributed by atoms with van der Waals surface area (Å²) < 4.78 is 10.2. The monoisotopic (exact) mass is 502 g/mol. The molecule has 0 bridgehead atoms. The first-order valence-corrected chi connectivity index (χ1v) is 12.0. The Hall–Kier alpha value is -3.61. The molecule has 0 spiro atoms. The maximum absolute atomic E-state index is 13.7. The molecule has 36 heavy (non-hydrogen) atoms. The molecule has 0 heterocycles. The molecule has 1 aromatic carbocycles. The maximum Gasteiger partial charge on any atom is 0.408 e. The fourth-order valence-corrected chi connectivity index (χ4v) is 3.46. The van der Waals surface area contributed by atoms with Gasteiger partial charge in [-0.05, 0) is 51.7 Å². The van der Waals surface area contributed by atoms with Crippen LogP contribution in [0.2, 0.25) is 0 Å². The van der Waals surface area contributed by atoms with Crippen molar-refractivity contribution in [3.05, 3.63) is 35.4 Å². The van der Waals surface area contributed by atoms with Gasteiger partial charge < -0.3 is 25.0 Å². The molecule has 0 saturated carbocycles. The van der Waals surface area contributed by atoms with Crippen molar-refractivity contribution in [1.82, 2.24) is 15.5 Å². The molecule has 0 saturated heterocycles. The van der Waals surface area contributed by atoms with E-state index in [0.717, 1.165) is 10.5 Å². The second-order valence-electron chi connectivity index (χ2n) is 9.60. The molecular formula is C26H38N4O6. The summed E-state index contributed by atoms with van der Waals surface area (Å²) in [5.41, 5.74) is 0.484. The van der Waals surface area contributed by atoms with E-state index in [1.807, 2.05) is 6.07 Å². The van der Waals surface area contributed by atoms with Gasteiger partial charge in [-0.25, -0.2) is 4.79 Å². The summed E-state index contributed by atoms with van der Waals surface area (Å²) in [6.07, 6.45) is -0.820. The predicted molar refractivity (Wildman–Crippen MR) is 134 cm³/mol. The average Bonchev–Trinajstić information content (AvgIpc) is 2.76. The number of nitrogens with zero attached hydrogens (tertiary/aromatic N) is 2. The lowest BCUT2D eigenvalue weighted by atomic mass is 9.96. The lowest BCUT2D eigenvalue weighted by molar-refractivity contribution is -0.144. The van der Waals surface area contributed by atoms with Gasteiger partial charge >= 0.3 is 12.1 Å². The summed E-state index contributed by atoms with van der Waals surface area (Å²) in [6, 6.07) is 6.77. The molecule has 10 heteroatoms. The van der Waals surface area contributed by atoms with Crippen molar-refractivity contribution in [2.24, 2.45) is 5.92 Å². The van der Waals surface area contributed by atoms with Crippen LogP contribution in [0.1, 0.15) is 65.1 Å². The molecular weight excluding hydrogens is 464 g/mol. The van der Waals surface area contributed by atoms with Crippen molar-refractivity contribution in [2.75, 3.05) is 19.7 Å². The number of benzene rings is 1. The fraction of sp³-hybridized carbons (Fsp3) is 0.577. The van der Waals surface area contributed by atoms with Gasteiger partial charge in [-0.1, -0.05) is 38.1 Å². The molecule has 198 valence electrons. The van der Waals surface area contributed by atoms with Gasteiger partial charge in [-0.2, -0.15) is 5.26 Å². The summed E-state index contributed by atoms with van der Waals surface area (Å²) >= 11 is 0. The zero-order valence-corrected chi connectivity index (χ0v) is 22.2. The second-order valence-corrected chi connectivity index (χ2v) is 9.60. The first-order valence-electron chi connectivity index (χ1n) is 12.0. The molecule has 3 amide bonds. The Balaban J connectivity index is 3.34. The third kappa shape index (κ3) is 9.56. The molecule has 10 nitrogen and oxygen atoms in total. The van der Waals surface area contributed by atoms with Crippen LogP contribution in [0.15, 0.2) is 24.3 Å². The van der Waals surface area contributed by atoms with Gasteiger partial charge in [0.2, 0.25) is 11.8 Å². The van der Waals surface area contributed by atoms with Crippen LogP contribution in [-0.2, 0) is 23.9 Å². The number of rotatable bonds is 11. The first kappa shape index (κ1) is 30.4. The predicted octanol–water partition coefficient (Wildman–Crippen LogP) is 3.01. The summed E-state index contributed by atoms with van der Waals surface area (Å²) in [7, 11) is 0. The Kier molecular flexibility index (Phi) is 11.9. The molecule has 0 aromatic heterocycles. The molecule has 0 aliphatic carbocycles. The van der Waals surface area contributed by atoms with E-state index < -0.39 is 48.1 Å². The van der Waals surface area contributed by atoms with E-state index in [0.29, 0.717) is 5.56 Å². The van der Waals surface area contributed by atoms with E-state index in [-0.39, 0.29) is 25.5 Å². The van der Waals surface area contributed by atoms with Gasteiger partial charge in [0.15, 0.2) is 0 Å².